The number of nitrogens with two attached hydrogens (primary N) is 3. The Kier molecular flexibility index (Phi) is 9.40. The van der Waals surface area contributed by atoms with E-state index in [4.69, 9.17) is 31.3 Å². The smallest absolute Gasteiger partial charge is 0.418 e. The number of aryl methyl sites for hydroxylation is 1. The van der Waals surface area contributed by atoms with Crippen molar-refractivity contribution in [3.8, 4) is 5.75 Å². The van der Waals surface area contributed by atoms with E-state index in [1.54, 1.807) is 12.1 Å². The van der Waals surface area contributed by atoms with Crippen LogP contribution in [0.2, 0.25) is 0 Å². The number of anilines is 1. The Morgan fingerprint density at radius 1 is 1.31 bits per heavy atom. The SMILES string of the molecule is CC1(C)C(NC(=O)/C(=N\O[C@](C)(C(=O)O)[C@H]2CCc3cc(C(N)=NCC4CC(N)C4)ccc3O2)c2csc(N)n2)C(=O)N1OS(=O)(=O)O. The van der Waals surface area contributed by atoms with Crippen LogP contribution in [-0.4, -0.2) is 93.3 Å². The Hall–Kier alpha value is -4.37. The van der Waals surface area contributed by atoms with Crippen LogP contribution in [0.5, 0.6) is 5.75 Å². The summed E-state index contributed by atoms with van der Waals surface area (Å²) >= 11 is 0.965. The van der Waals surface area contributed by atoms with Crippen LogP contribution in [-0.2, 0) is 40.3 Å². The minimum absolute atomic E-state index is 0.0591. The van der Waals surface area contributed by atoms with Crippen LogP contribution in [0.3, 0.4) is 0 Å². The summed E-state index contributed by atoms with van der Waals surface area (Å²) in [6.45, 7) is 4.57. The molecule has 2 amide bonds. The van der Waals surface area contributed by atoms with Gasteiger partial charge in [0, 0.05) is 23.5 Å². The molecule has 20 heteroatoms. The molecular weight excluding hydrogens is 672 g/mol. The number of nitrogens with zero attached hydrogens (tertiary/aromatic N) is 4. The van der Waals surface area contributed by atoms with Crippen molar-refractivity contribution < 1.29 is 46.3 Å². The maximum Gasteiger partial charge on any atom is 0.418 e. The standard InChI is InChI=1S/C28H36N8O10S2/c1-27(2)21(24(38)36(27)46-48(41,42)43)34-23(37)20(17-12-47-26(31)33-17)35-45-28(3,25(39)40)19-7-5-14-10-15(4-6-18(14)44-19)22(30)32-11-13-8-16(29)9-13/h4,6,10,12-13,16,19,21H,5,7-9,11,29H2,1-3H3,(H2,30,32)(H2,31,33)(H,34,37)(H,39,40)(H,41,42,43)/b35-20-/t13?,16?,19-,21?,28+/m1/s1. The van der Waals surface area contributed by atoms with E-state index in [2.05, 4.69) is 24.7 Å². The summed E-state index contributed by atoms with van der Waals surface area (Å²) in [7, 11) is -5.03. The maximum absolute atomic E-state index is 13.4. The Bertz CT molecular complexity index is 1790. The molecule has 1 saturated heterocycles. The number of nitrogen functional groups attached to an aromatic ring is 1. The molecular formula is C28H36N8O10S2. The summed E-state index contributed by atoms with van der Waals surface area (Å²) in [5, 5.41) is 18.4. The number of nitrogens with one attached hydrogen (secondary N) is 1. The van der Waals surface area contributed by atoms with E-state index in [9.17, 15) is 27.9 Å². The van der Waals surface area contributed by atoms with Gasteiger partial charge in [-0.2, -0.15) is 13.5 Å². The van der Waals surface area contributed by atoms with Crippen LogP contribution in [0.15, 0.2) is 33.7 Å². The van der Waals surface area contributed by atoms with Gasteiger partial charge >= 0.3 is 16.4 Å². The molecule has 5 rings (SSSR count). The van der Waals surface area contributed by atoms with Crippen LogP contribution in [0.4, 0.5) is 5.13 Å². The zero-order valence-electron chi connectivity index (χ0n) is 26.2. The molecule has 0 radical (unpaired) electrons. The van der Waals surface area contributed by atoms with Crippen LogP contribution in [0.25, 0.3) is 0 Å². The van der Waals surface area contributed by atoms with Crippen LogP contribution >= 0.6 is 11.3 Å². The number of hydrogen-bond donors (Lipinski definition) is 6. The summed E-state index contributed by atoms with van der Waals surface area (Å²) < 4.78 is 41.7. The van der Waals surface area contributed by atoms with E-state index in [-0.39, 0.29) is 23.3 Å². The van der Waals surface area contributed by atoms with Crippen molar-refractivity contribution in [1.29, 1.82) is 0 Å². The number of carbonyl (C=O) groups excluding carboxylic acids is 2. The zero-order chi connectivity index (χ0) is 35.2. The fraction of sp³-hybridized carbons (Fsp3) is 0.500. The number of ether oxygens (including phenoxy) is 1. The van der Waals surface area contributed by atoms with Crippen molar-refractivity contribution in [1.82, 2.24) is 15.4 Å². The van der Waals surface area contributed by atoms with Gasteiger partial charge in [0.2, 0.25) is 0 Å². The molecule has 0 bridgehead atoms. The van der Waals surface area contributed by atoms with Gasteiger partial charge in [0.05, 0.1) is 5.54 Å². The predicted octanol–water partition coefficient (Wildman–Crippen LogP) is -0.0343. The van der Waals surface area contributed by atoms with Gasteiger partial charge in [0.15, 0.2) is 16.9 Å². The third-order valence-electron chi connectivity index (χ3n) is 8.56. The molecule has 3 aliphatic rings. The molecule has 9 N–H and O–H groups in total. The quantitative estimate of drug-likeness (QED) is 0.0555. The second-order valence-corrected chi connectivity index (χ2v) is 14.4. The number of rotatable bonds is 12. The minimum atomic E-state index is -5.03. The molecule has 1 unspecified atom stereocenters. The fourth-order valence-electron chi connectivity index (χ4n) is 5.59. The Morgan fingerprint density at radius 3 is 2.60 bits per heavy atom. The van der Waals surface area contributed by atoms with E-state index in [0.717, 1.165) is 29.7 Å². The van der Waals surface area contributed by atoms with Gasteiger partial charge in [-0.1, -0.05) is 5.16 Å². The van der Waals surface area contributed by atoms with Crippen molar-refractivity contribution in [2.45, 2.75) is 75.8 Å². The van der Waals surface area contributed by atoms with E-state index < -0.39 is 57.2 Å². The first-order valence-electron chi connectivity index (χ1n) is 14.8. The number of carboxylic acid groups (broad SMARTS) is 1. The Labute approximate surface area is 279 Å². The maximum atomic E-state index is 13.4. The van der Waals surface area contributed by atoms with Crippen LogP contribution in [0, 0.1) is 5.92 Å². The van der Waals surface area contributed by atoms with E-state index in [0.29, 0.717) is 41.1 Å². The number of carboxylic acids is 1. The number of fused-ring (bicyclic) bond motifs is 1. The molecule has 3 atom stereocenters. The average Bonchev–Trinajstić information content (AvgIpc) is 3.44. The van der Waals surface area contributed by atoms with E-state index in [1.165, 1.54) is 26.2 Å². The first-order valence-corrected chi connectivity index (χ1v) is 17.0. The van der Waals surface area contributed by atoms with Gasteiger partial charge in [-0.3, -0.25) is 19.1 Å². The topological polar surface area (TPSA) is 284 Å². The van der Waals surface area contributed by atoms with Crippen molar-refractivity contribution in [2.24, 2.45) is 27.5 Å². The number of carbonyl (C=O) groups is 3. The van der Waals surface area contributed by atoms with Gasteiger partial charge in [0.1, 0.15) is 23.3 Å². The number of aliphatic carboxylic acids is 1. The van der Waals surface area contributed by atoms with Crippen molar-refractivity contribution in [3.05, 3.63) is 40.4 Å². The molecule has 3 heterocycles. The van der Waals surface area contributed by atoms with Gasteiger partial charge in [-0.15, -0.1) is 15.6 Å². The molecule has 48 heavy (non-hydrogen) atoms. The normalized spacial score (nSPS) is 25.1. The molecule has 2 aliphatic heterocycles. The molecule has 18 nitrogen and oxygen atoms in total. The number of aromatic nitrogens is 1. The zero-order valence-corrected chi connectivity index (χ0v) is 27.8. The molecule has 2 fully saturated rings. The largest absolute Gasteiger partial charge is 0.485 e. The third-order valence-corrected chi connectivity index (χ3v) is 9.57. The lowest BCUT2D eigenvalue weighted by Crippen LogP contribution is -2.76. The highest BCUT2D eigenvalue weighted by Crippen LogP contribution is 2.35. The molecule has 1 aromatic carbocycles. The highest BCUT2D eigenvalue weighted by Gasteiger charge is 2.58. The number of β-lactam (4-membered cyclic amide) rings is 1. The van der Waals surface area contributed by atoms with Crippen molar-refractivity contribution >= 4 is 56.2 Å². The predicted molar refractivity (Wildman–Crippen MR) is 171 cm³/mol. The average molecular weight is 709 g/mol. The summed E-state index contributed by atoms with van der Waals surface area (Å²) in [5.41, 5.74) is 15.2. The summed E-state index contributed by atoms with van der Waals surface area (Å²) in [5.74, 6) is -2.23. The first-order chi connectivity index (χ1) is 22.4. The van der Waals surface area contributed by atoms with Crippen LogP contribution < -0.4 is 27.3 Å². The second-order valence-electron chi connectivity index (χ2n) is 12.5. The second kappa shape index (κ2) is 12.9. The molecule has 1 aromatic heterocycles. The number of amidine groups is 1. The van der Waals surface area contributed by atoms with E-state index >= 15 is 0 Å². The number of amides is 2. The Morgan fingerprint density at radius 2 is 2.02 bits per heavy atom. The molecule has 260 valence electrons. The van der Waals surface area contributed by atoms with Crippen molar-refractivity contribution in [2.75, 3.05) is 12.3 Å². The number of oxime groups is 1. The number of hydrogen-bond acceptors (Lipinski definition) is 14. The van der Waals surface area contributed by atoms with Gasteiger partial charge in [-0.25, -0.2) is 9.78 Å². The van der Waals surface area contributed by atoms with Gasteiger partial charge in [-0.05, 0) is 76.1 Å². The summed E-state index contributed by atoms with van der Waals surface area (Å²) in [6.07, 6.45) is 1.38. The monoisotopic (exact) mass is 708 g/mol. The lowest BCUT2D eigenvalue weighted by Gasteiger charge is -2.50. The molecule has 1 saturated carbocycles. The molecule has 0 spiro atoms. The highest BCUT2D eigenvalue weighted by atomic mass is 32.3. The molecule has 2 aromatic rings. The number of thiazole rings is 1. The summed E-state index contributed by atoms with van der Waals surface area (Å²) in [4.78, 5) is 52.7. The Balaban J connectivity index is 1.33. The lowest BCUT2D eigenvalue weighted by molar-refractivity contribution is -0.218. The summed E-state index contributed by atoms with van der Waals surface area (Å²) in [6, 6.07) is 4.13. The van der Waals surface area contributed by atoms with Gasteiger partial charge < -0.3 is 37.2 Å². The van der Waals surface area contributed by atoms with Gasteiger partial charge in [0.25, 0.3) is 17.4 Å². The number of benzene rings is 1. The molecule has 1 aliphatic carbocycles. The fourth-order valence-corrected chi connectivity index (χ4v) is 6.59. The first kappa shape index (κ1) is 35.0. The number of aliphatic imine (C=N–C) groups is 1. The lowest BCUT2D eigenvalue weighted by atomic mass is 9.81. The highest BCUT2D eigenvalue weighted by molar-refractivity contribution is 7.80. The van der Waals surface area contributed by atoms with Crippen LogP contribution in [0.1, 0.15) is 56.9 Å². The number of hydroxylamine groups is 2. The third kappa shape index (κ3) is 7.06. The minimum Gasteiger partial charge on any atom is -0.485 e. The van der Waals surface area contributed by atoms with E-state index in [1.807, 2.05) is 6.07 Å². The van der Waals surface area contributed by atoms with Crippen molar-refractivity contribution in [3.63, 3.8) is 0 Å².